The van der Waals surface area contributed by atoms with Gasteiger partial charge < -0.3 is 10.6 Å². The maximum Gasteiger partial charge on any atom is 0.315 e. The molecule has 1 aliphatic rings. The lowest BCUT2D eigenvalue weighted by Crippen LogP contribution is -2.37. The summed E-state index contributed by atoms with van der Waals surface area (Å²) in [6.07, 6.45) is 0.349. The lowest BCUT2D eigenvalue weighted by molar-refractivity contribution is -0.384. The zero-order chi connectivity index (χ0) is 21.0. The highest BCUT2D eigenvalue weighted by Crippen LogP contribution is 2.26. The number of non-ortho nitro benzene ring substituents is 1. The van der Waals surface area contributed by atoms with Gasteiger partial charge in [0.05, 0.1) is 16.1 Å². The highest BCUT2D eigenvalue weighted by molar-refractivity contribution is 6.30. The van der Waals surface area contributed by atoms with E-state index < -0.39 is 16.7 Å². The molecule has 0 fully saturated rings. The van der Waals surface area contributed by atoms with E-state index in [1.54, 1.807) is 24.3 Å². The summed E-state index contributed by atoms with van der Waals surface area (Å²) in [5.41, 5.74) is 0.822. The Morgan fingerprint density at radius 1 is 1.03 bits per heavy atom. The number of urea groups is 1. The quantitative estimate of drug-likeness (QED) is 0.311. The van der Waals surface area contributed by atoms with Gasteiger partial charge in [0.15, 0.2) is 0 Å². The summed E-state index contributed by atoms with van der Waals surface area (Å²) in [7, 11) is 0. The zero-order valence-electron chi connectivity index (χ0n) is 15.2. The van der Waals surface area contributed by atoms with Gasteiger partial charge in [-0.15, -0.1) is 0 Å². The number of hydrogen-bond donors (Lipinski definition) is 2. The Morgan fingerprint density at radius 3 is 2.41 bits per heavy atom. The molecule has 1 heterocycles. The van der Waals surface area contributed by atoms with Gasteiger partial charge in [-0.05, 0) is 30.2 Å². The molecule has 3 rings (SSSR count). The molecule has 2 N–H and O–H groups in total. The van der Waals surface area contributed by atoms with Crippen LogP contribution in [0, 0.1) is 10.1 Å². The number of amides is 4. The Labute approximate surface area is 170 Å². The maximum atomic E-state index is 12.4. The number of hydrogen-bond acceptors (Lipinski definition) is 5. The van der Waals surface area contributed by atoms with Crippen LogP contribution in [0.15, 0.2) is 42.5 Å². The zero-order valence-corrected chi connectivity index (χ0v) is 15.9. The third kappa shape index (κ3) is 4.69. The summed E-state index contributed by atoms with van der Waals surface area (Å²) in [5, 5.41) is 16.8. The topological polar surface area (TPSA) is 122 Å². The first-order valence-electron chi connectivity index (χ1n) is 8.77. The van der Waals surface area contributed by atoms with E-state index in [9.17, 15) is 24.5 Å². The molecule has 1 aliphatic heterocycles. The van der Waals surface area contributed by atoms with Gasteiger partial charge in [0.25, 0.3) is 17.5 Å². The Hall–Kier alpha value is -3.46. The number of benzene rings is 2. The fraction of sp³-hybridized carbons (Fsp3) is 0.211. The Bertz CT molecular complexity index is 977. The third-order valence-corrected chi connectivity index (χ3v) is 4.63. The van der Waals surface area contributed by atoms with Gasteiger partial charge in [-0.2, -0.15) is 0 Å². The van der Waals surface area contributed by atoms with Gasteiger partial charge in [0, 0.05) is 36.8 Å². The van der Waals surface area contributed by atoms with Crippen molar-refractivity contribution in [2.75, 3.05) is 13.1 Å². The van der Waals surface area contributed by atoms with E-state index >= 15 is 0 Å². The van der Waals surface area contributed by atoms with Crippen molar-refractivity contribution in [2.45, 2.75) is 13.0 Å². The number of imide groups is 1. The molecular formula is C19H17ClN4O5. The fourth-order valence-electron chi connectivity index (χ4n) is 2.88. The minimum Gasteiger partial charge on any atom is -0.338 e. The van der Waals surface area contributed by atoms with Crippen molar-refractivity contribution >= 4 is 35.1 Å². The van der Waals surface area contributed by atoms with Crippen molar-refractivity contribution in [3.05, 3.63) is 74.3 Å². The van der Waals surface area contributed by atoms with Crippen LogP contribution >= 0.6 is 11.6 Å². The van der Waals surface area contributed by atoms with E-state index in [4.69, 9.17) is 11.6 Å². The molecule has 29 heavy (non-hydrogen) atoms. The molecule has 10 heteroatoms. The average molecular weight is 417 g/mol. The molecule has 0 saturated carbocycles. The summed E-state index contributed by atoms with van der Waals surface area (Å²) in [5.74, 6) is -1.06. The smallest absolute Gasteiger partial charge is 0.315 e. The van der Waals surface area contributed by atoms with Crippen molar-refractivity contribution in [2.24, 2.45) is 0 Å². The van der Waals surface area contributed by atoms with E-state index in [2.05, 4.69) is 10.6 Å². The van der Waals surface area contributed by atoms with Crippen LogP contribution in [0.1, 0.15) is 32.7 Å². The fourth-order valence-corrected chi connectivity index (χ4v) is 3.01. The Balaban J connectivity index is 1.45. The van der Waals surface area contributed by atoms with Crippen LogP contribution in [0.25, 0.3) is 0 Å². The first-order valence-corrected chi connectivity index (χ1v) is 9.15. The molecule has 0 atom stereocenters. The second-order valence-electron chi connectivity index (χ2n) is 6.34. The molecule has 0 spiro atoms. The number of nitrogens with zero attached hydrogens (tertiary/aromatic N) is 2. The van der Waals surface area contributed by atoms with Crippen LogP contribution < -0.4 is 10.6 Å². The number of halogens is 1. The van der Waals surface area contributed by atoms with E-state index in [0.717, 1.165) is 16.5 Å². The molecule has 9 nitrogen and oxygen atoms in total. The second-order valence-corrected chi connectivity index (χ2v) is 6.77. The van der Waals surface area contributed by atoms with E-state index in [0.29, 0.717) is 18.0 Å². The molecule has 150 valence electrons. The molecule has 4 amide bonds. The number of nitro groups is 1. The predicted molar refractivity (Wildman–Crippen MR) is 105 cm³/mol. The van der Waals surface area contributed by atoms with Gasteiger partial charge in [-0.3, -0.25) is 24.6 Å². The summed E-state index contributed by atoms with van der Waals surface area (Å²) >= 11 is 5.80. The standard InChI is InChI=1S/C19H17ClN4O5/c20-13-4-2-12(3-5-13)11-22-19(27)21-8-1-9-23-17(25)15-7-6-14(24(28)29)10-16(15)18(23)26/h2-7,10H,1,8-9,11H2,(H2,21,22,27). The molecule has 0 aromatic heterocycles. The van der Waals surface area contributed by atoms with Crippen LogP contribution in [-0.4, -0.2) is 40.8 Å². The minimum absolute atomic E-state index is 0.0258. The SMILES string of the molecule is O=C(NCCCN1C(=O)c2ccc([N+](=O)[O-])cc2C1=O)NCc1ccc(Cl)cc1. The van der Waals surface area contributed by atoms with Gasteiger partial charge in [-0.1, -0.05) is 23.7 Å². The number of rotatable bonds is 7. The van der Waals surface area contributed by atoms with Crippen LogP contribution in [-0.2, 0) is 6.54 Å². The highest BCUT2D eigenvalue weighted by Gasteiger charge is 2.36. The Kier molecular flexibility index (Phi) is 6.08. The molecule has 0 bridgehead atoms. The normalized spacial score (nSPS) is 12.7. The first-order chi connectivity index (χ1) is 13.9. The van der Waals surface area contributed by atoms with Crippen LogP contribution in [0.5, 0.6) is 0 Å². The number of carbonyl (C=O) groups is 3. The van der Waals surface area contributed by atoms with Crippen LogP contribution in [0.3, 0.4) is 0 Å². The van der Waals surface area contributed by atoms with Gasteiger partial charge in [0.2, 0.25) is 0 Å². The molecule has 2 aromatic carbocycles. The maximum absolute atomic E-state index is 12.4. The van der Waals surface area contributed by atoms with Crippen molar-refractivity contribution in [1.29, 1.82) is 0 Å². The van der Waals surface area contributed by atoms with Gasteiger partial charge in [-0.25, -0.2) is 4.79 Å². The van der Waals surface area contributed by atoms with Gasteiger partial charge in [0.1, 0.15) is 0 Å². The van der Waals surface area contributed by atoms with Crippen LogP contribution in [0.4, 0.5) is 10.5 Å². The molecule has 0 aliphatic carbocycles. The molecular weight excluding hydrogens is 400 g/mol. The number of carbonyl (C=O) groups excluding carboxylic acids is 3. The Morgan fingerprint density at radius 2 is 1.72 bits per heavy atom. The van der Waals surface area contributed by atoms with Crippen molar-refractivity contribution in [3.63, 3.8) is 0 Å². The number of nitro benzene ring substituents is 1. The molecule has 0 unspecified atom stereocenters. The lowest BCUT2D eigenvalue weighted by atomic mass is 10.1. The first kappa shape index (κ1) is 20.3. The minimum atomic E-state index is -0.618. The summed E-state index contributed by atoms with van der Waals surface area (Å²) < 4.78 is 0. The molecule has 0 saturated heterocycles. The second kappa shape index (κ2) is 8.70. The summed E-state index contributed by atoms with van der Waals surface area (Å²) in [6, 6.07) is 10.3. The van der Waals surface area contributed by atoms with Crippen molar-refractivity contribution < 1.29 is 19.3 Å². The van der Waals surface area contributed by atoms with Crippen molar-refractivity contribution in [1.82, 2.24) is 15.5 Å². The number of fused-ring (bicyclic) bond motifs is 1. The molecule has 0 radical (unpaired) electrons. The highest BCUT2D eigenvalue weighted by atomic mass is 35.5. The van der Waals surface area contributed by atoms with E-state index in [1.807, 2.05) is 0 Å². The average Bonchev–Trinajstić information content (AvgIpc) is 2.94. The molecule has 2 aromatic rings. The summed E-state index contributed by atoms with van der Waals surface area (Å²) in [4.78, 5) is 47.8. The van der Waals surface area contributed by atoms with Crippen LogP contribution in [0.2, 0.25) is 5.02 Å². The lowest BCUT2D eigenvalue weighted by Gasteiger charge is -2.14. The van der Waals surface area contributed by atoms with Gasteiger partial charge >= 0.3 is 6.03 Å². The predicted octanol–water partition coefficient (Wildman–Crippen LogP) is 2.73. The van der Waals surface area contributed by atoms with Crippen molar-refractivity contribution in [3.8, 4) is 0 Å². The summed E-state index contributed by atoms with van der Waals surface area (Å²) in [6.45, 7) is 0.678. The van der Waals surface area contributed by atoms with E-state index in [1.165, 1.54) is 12.1 Å². The van der Waals surface area contributed by atoms with E-state index in [-0.39, 0.29) is 35.9 Å². The third-order valence-electron chi connectivity index (χ3n) is 4.38. The number of nitrogens with one attached hydrogen (secondary N) is 2. The largest absolute Gasteiger partial charge is 0.338 e. The monoisotopic (exact) mass is 416 g/mol.